The van der Waals surface area contributed by atoms with E-state index in [4.69, 9.17) is 9.84 Å². The topological polar surface area (TPSA) is 78.9 Å². The highest BCUT2D eigenvalue weighted by Gasteiger charge is 2.29. The van der Waals surface area contributed by atoms with Crippen molar-refractivity contribution in [2.75, 3.05) is 26.3 Å². The molecule has 0 aromatic rings. The van der Waals surface area contributed by atoms with Crippen LogP contribution in [0.1, 0.15) is 26.2 Å². The van der Waals surface area contributed by atoms with Gasteiger partial charge in [0.2, 0.25) is 0 Å². The van der Waals surface area contributed by atoms with Gasteiger partial charge in [0, 0.05) is 19.1 Å². The van der Waals surface area contributed by atoms with Crippen molar-refractivity contribution in [2.24, 2.45) is 0 Å². The lowest BCUT2D eigenvalue weighted by Gasteiger charge is -2.23. The van der Waals surface area contributed by atoms with E-state index in [2.05, 4.69) is 11.9 Å². The van der Waals surface area contributed by atoms with Gasteiger partial charge in [-0.1, -0.05) is 12.2 Å². The number of nitrogens with one attached hydrogen (secondary N) is 1. The molecule has 2 N–H and O–H groups in total. The van der Waals surface area contributed by atoms with E-state index in [0.29, 0.717) is 26.3 Å². The number of amides is 2. The van der Waals surface area contributed by atoms with Gasteiger partial charge >= 0.3 is 12.0 Å². The summed E-state index contributed by atoms with van der Waals surface area (Å²) in [6.07, 6.45) is 1.63. The summed E-state index contributed by atoms with van der Waals surface area (Å²) in [5.74, 6) is -0.866. The molecule has 108 valence electrons. The van der Waals surface area contributed by atoms with Crippen LogP contribution in [0.2, 0.25) is 0 Å². The molecule has 0 aliphatic carbocycles. The third-order valence-corrected chi connectivity index (χ3v) is 2.92. The lowest BCUT2D eigenvalue weighted by Crippen LogP contribution is -2.44. The smallest absolute Gasteiger partial charge is 0.317 e. The van der Waals surface area contributed by atoms with Gasteiger partial charge < -0.3 is 20.1 Å². The first-order valence-electron chi connectivity index (χ1n) is 6.49. The number of ether oxygens (including phenoxy) is 1. The van der Waals surface area contributed by atoms with Gasteiger partial charge in [-0.3, -0.25) is 4.79 Å². The van der Waals surface area contributed by atoms with E-state index in [0.717, 1.165) is 18.4 Å². The third-order valence-electron chi connectivity index (χ3n) is 2.92. The SMILES string of the molecule is C=C(C)COCCNC(=O)N1CCCC1CC(=O)O. The molecule has 1 rings (SSSR count). The van der Waals surface area contributed by atoms with E-state index in [-0.39, 0.29) is 18.5 Å². The van der Waals surface area contributed by atoms with E-state index >= 15 is 0 Å². The zero-order valence-corrected chi connectivity index (χ0v) is 11.4. The Morgan fingerprint density at radius 3 is 2.89 bits per heavy atom. The fraction of sp³-hybridized carbons (Fsp3) is 0.692. The predicted molar refractivity (Wildman–Crippen MR) is 71.0 cm³/mol. The summed E-state index contributed by atoms with van der Waals surface area (Å²) in [5, 5.41) is 11.5. The predicted octanol–water partition coefficient (Wildman–Crippen LogP) is 1.23. The molecule has 0 aromatic carbocycles. The number of urea groups is 1. The zero-order chi connectivity index (χ0) is 14.3. The molecular weight excluding hydrogens is 248 g/mol. The molecule has 0 bridgehead atoms. The third kappa shape index (κ3) is 5.74. The molecule has 19 heavy (non-hydrogen) atoms. The molecular formula is C13H22N2O4. The molecule has 0 spiro atoms. The Morgan fingerprint density at radius 2 is 2.26 bits per heavy atom. The fourth-order valence-corrected chi connectivity index (χ4v) is 2.09. The van der Waals surface area contributed by atoms with Crippen LogP contribution in [0.15, 0.2) is 12.2 Å². The zero-order valence-electron chi connectivity index (χ0n) is 11.4. The summed E-state index contributed by atoms with van der Waals surface area (Å²) < 4.78 is 5.27. The molecule has 0 radical (unpaired) electrons. The molecule has 1 unspecified atom stereocenters. The monoisotopic (exact) mass is 270 g/mol. The molecule has 1 atom stereocenters. The number of carboxylic acid groups (broad SMARTS) is 1. The first-order valence-corrected chi connectivity index (χ1v) is 6.49. The van der Waals surface area contributed by atoms with Crippen molar-refractivity contribution in [1.82, 2.24) is 10.2 Å². The average molecular weight is 270 g/mol. The maximum absolute atomic E-state index is 11.9. The molecule has 1 saturated heterocycles. The van der Waals surface area contributed by atoms with Gasteiger partial charge in [-0.25, -0.2) is 4.79 Å². The largest absolute Gasteiger partial charge is 0.481 e. The van der Waals surface area contributed by atoms with E-state index < -0.39 is 5.97 Å². The van der Waals surface area contributed by atoms with E-state index in [9.17, 15) is 9.59 Å². The Hall–Kier alpha value is -1.56. The minimum Gasteiger partial charge on any atom is -0.481 e. The molecule has 1 aliphatic heterocycles. The number of nitrogens with zero attached hydrogens (tertiary/aromatic N) is 1. The van der Waals surface area contributed by atoms with Crippen molar-refractivity contribution in [3.8, 4) is 0 Å². The lowest BCUT2D eigenvalue weighted by molar-refractivity contribution is -0.137. The van der Waals surface area contributed by atoms with Gasteiger partial charge in [-0.05, 0) is 19.8 Å². The Labute approximate surface area is 113 Å². The second-order valence-electron chi connectivity index (χ2n) is 4.83. The summed E-state index contributed by atoms with van der Waals surface area (Å²) >= 11 is 0. The molecule has 1 heterocycles. The Morgan fingerprint density at radius 1 is 1.53 bits per heavy atom. The van der Waals surface area contributed by atoms with Gasteiger partial charge in [0.25, 0.3) is 0 Å². The minimum atomic E-state index is -0.866. The number of hydrogen-bond donors (Lipinski definition) is 2. The summed E-state index contributed by atoms with van der Waals surface area (Å²) in [6.45, 7) is 7.54. The molecule has 2 amide bonds. The summed E-state index contributed by atoms with van der Waals surface area (Å²) in [5.41, 5.74) is 0.937. The number of hydrogen-bond acceptors (Lipinski definition) is 3. The van der Waals surface area contributed by atoms with Gasteiger partial charge in [-0.15, -0.1) is 0 Å². The second kappa shape index (κ2) is 7.78. The van der Waals surface area contributed by atoms with Crippen LogP contribution >= 0.6 is 0 Å². The number of carbonyl (C=O) groups is 2. The summed E-state index contributed by atoms with van der Waals surface area (Å²) in [7, 11) is 0. The van der Waals surface area contributed by atoms with Crippen LogP contribution in [0, 0.1) is 0 Å². The number of rotatable bonds is 7. The average Bonchev–Trinajstić information content (AvgIpc) is 2.75. The molecule has 1 aliphatic rings. The van der Waals surface area contributed by atoms with Crippen LogP contribution in [0.3, 0.4) is 0 Å². The highest BCUT2D eigenvalue weighted by Crippen LogP contribution is 2.19. The molecule has 0 saturated carbocycles. The first-order chi connectivity index (χ1) is 9.00. The van der Waals surface area contributed by atoms with Crippen LogP contribution in [0.25, 0.3) is 0 Å². The van der Waals surface area contributed by atoms with Crippen molar-refractivity contribution in [1.29, 1.82) is 0 Å². The van der Waals surface area contributed by atoms with Gasteiger partial charge in [-0.2, -0.15) is 0 Å². The van der Waals surface area contributed by atoms with Crippen LogP contribution in [-0.4, -0.2) is 54.4 Å². The highest BCUT2D eigenvalue weighted by molar-refractivity contribution is 5.76. The summed E-state index contributed by atoms with van der Waals surface area (Å²) in [6, 6.07) is -0.392. The molecule has 6 nitrogen and oxygen atoms in total. The van der Waals surface area contributed by atoms with Crippen molar-refractivity contribution in [3.63, 3.8) is 0 Å². The second-order valence-corrected chi connectivity index (χ2v) is 4.83. The number of aliphatic carboxylic acids is 1. The van der Waals surface area contributed by atoms with Crippen LogP contribution < -0.4 is 5.32 Å². The van der Waals surface area contributed by atoms with Crippen molar-refractivity contribution in [2.45, 2.75) is 32.2 Å². The fourth-order valence-electron chi connectivity index (χ4n) is 2.09. The van der Waals surface area contributed by atoms with Crippen LogP contribution in [0.4, 0.5) is 4.79 Å². The van der Waals surface area contributed by atoms with E-state index in [1.807, 2.05) is 6.92 Å². The van der Waals surface area contributed by atoms with Crippen LogP contribution in [0.5, 0.6) is 0 Å². The number of likely N-dealkylation sites (tertiary alicyclic amines) is 1. The molecule has 1 fully saturated rings. The number of carbonyl (C=O) groups excluding carboxylic acids is 1. The van der Waals surface area contributed by atoms with Gasteiger partial charge in [0.05, 0.1) is 19.6 Å². The van der Waals surface area contributed by atoms with Crippen molar-refractivity contribution in [3.05, 3.63) is 12.2 Å². The Bertz CT molecular complexity index is 344. The van der Waals surface area contributed by atoms with Gasteiger partial charge in [0.1, 0.15) is 0 Å². The lowest BCUT2D eigenvalue weighted by atomic mass is 10.1. The van der Waals surface area contributed by atoms with Crippen molar-refractivity contribution < 1.29 is 19.4 Å². The normalized spacial score (nSPS) is 18.4. The highest BCUT2D eigenvalue weighted by atomic mass is 16.5. The maximum Gasteiger partial charge on any atom is 0.317 e. The minimum absolute atomic E-state index is 0.0135. The van der Waals surface area contributed by atoms with Crippen LogP contribution in [-0.2, 0) is 9.53 Å². The molecule has 6 heteroatoms. The maximum atomic E-state index is 11.9. The Balaban J connectivity index is 2.24. The Kier molecular flexibility index (Phi) is 6.35. The van der Waals surface area contributed by atoms with E-state index in [1.165, 1.54) is 0 Å². The first kappa shape index (κ1) is 15.5. The van der Waals surface area contributed by atoms with Gasteiger partial charge in [0.15, 0.2) is 0 Å². The quantitative estimate of drug-likeness (QED) is 0.538. The molecule has 0 aromatic heterocycles. The number of carboxylic acids is 1. The van der Waals surface area contributed by atoms with Crippen molar-refractivity contribution >= 4 is 12.0 Å². The van der Waals surface area contributed by atoms with E-state index in [1.54, 1.807) is 4.90 Å². The summed E-state index contributed by atoms with van der Waals surface area (Å²) in [4.78, 5) is 24.2. The standard InChI is InChI=1S/C13H22N2O4/c1-10(2)9-19-7-5-14-13(18)15-6-3-4-11(15)8-12(16)17/h11H,1,3-9H2,2H3,(H,14,18)(H,16,17).